The summed E-state index contributed by atoms with van der Waals surface area (Å²) in [7, 11) is 0. The van der Waals surface area contributed by atoms with E-state index in [0.717, 1.165) is 12.8 Å². The molecule has 0 amide bonds. The second-order valence-electron chi connectivity index (χ2n) is 3.92. The molecule has 4 N–H and O–H groups in total. The highest BCUT2D eigenvalue weighted by atomic mass is 16.7. The van der Waals surface area contributed by atoms with Crippen LogP contribution >= 0.6 is 0 Å². The maximum atomic E-state index is 9.58. The summed E-state index contributed by atoms with van der Waals surface area (Å²) in [6, 6.07) is 0. The first-order chi connectivity index (χ1) is 7.61. The third kappa shape index (κ3) is 3.13. The van der Waals surface area contributed by atoms with Gasteiger partial charge in [0.05, 0.1) is 6.61 Å². The molecule has 0 aliphatic carbocycles. The van der Waals surface area contributed by atoms with Crippen molar-refractivity contribution < 1.29 is 29.9 Å². The highest BCUT2D eigenvalue weighted by Crippen LogP contribution is 2.21. The number of aliphatic hydroxyl groups excluding tert-OH is 4. The van der Waals surface area contributed by atoms with E-state index in [1.807, 2.05) is 6.92 Å². The summed E-state index contributed by atoms with van der Waals surface area (Å²) in [6.45, 7) is 1.97. The van der Waals surface area contributed by atoms with Crippen LogP contribution in [0.25, 0.3) is 0 Å². The minimum absolute atomic E-state index is 0.402. The van der Waals surface area contributed by atoms with E-state index in [4.69, 9.17) is 14.6 Å². The largest absolute Gasteiger partial charge is 0.394 e. The van der Waals surface area contributed by atoms with Crippen molar-refractivity contribution in [3.8, 4) is 0 Å². The van der Waals surface area contributed by atoms with E-state index in [-0.39, 0.29) is 0 Å². The molecule has 0 unspecified atom stereocenters. The van der Waals surface area contributed by atoms with Crippen LogP contribution < -0.4 is 0 Å². The molecule has 16 heavy (non-hydrogen) atoms. The van der Waals surface area contributed by atoms with Gasteiger partial charge >= 0.3 is 0 Å². The van der Waals surface area contributed by atoms with Crippen molar-refractivity contribution in [2.24, 2.45) is 0 Å². The molecule has 6 heteroatoms. The van der Waals surface area contributed by atoms with Gasteiger partial charge in [-0.15, -0.1) is 0 Å². The molecule has 0 aromatic heterocycles. The number of aliphatic hydroxyl groups is 4. The molecule has 0 saturated carbocycles. The summed E-state index contributed by atoms with van der Waals surface area (Å²) in [4.78, 5) is 0. The van der Waals surface area contributed by atoms with Crippen LogP contribution in [-0.4, -0.2) is 64.3 Å². The lowest BCUT2D eigenvalue weighted by atomic mass is 9.99. The molecule has 5 atom stereocenters. The molecule has 1 saturated heterocycles. The molecule has 0 aromatic rings. The SMILES string of the molecule is CCCCO[C@H]1O[C@@H](CO)[C@@H](O)[C@H](O)[C@@H]1O. The van der Waals surface area contributed by atoms with E-state index in [0.29, 0.717) is 6.61 Å². The summed E-state index contributed by atoms with van der Waals surface area (Å²) in [5.41, 5.74) is 0. The molecule has 1 heterocycles. The Hall–Kier alpha value is -0.240. The van der Waals surface area contributed by atoms with E-state index >= 15 is 0 Å². The first-order valence-electron chi connectivity index (χ1n) is 5.54. The van der Waals surface area contributed by atoms with Gasteiger partial charge in [0.1, 0.15) is 24.4 Å². The van der Waals surface area contributed by atoms with Crippen LogP contribution in [0.4, 0.5) is 0 Å². The van der Waals surface area contributed by atoms with Crippen LogP contribution in [0.2, 0.25) is 0 Å². The van der Waals surface area contributed by atoms with Gasteiger partial charge in [-0.05, 0) is 6.42 Å². The van der Waals surface area contributed by atoms with Crippen molar-refractivity contribution in [3.05, 3.63) is 0 Å². The topological polar surface area (TPSA) is 99.4 Å². The van der Waals surface area contributed by atoms with Gasteiger partial charge in [-0.2, -0.15) is 0 Å². The summed E-state index contributed by atoms with van der Waals surface area (Å²) in [6.07, 6.45) is -4.13. The van der Waals surface area contributed by atoms with Crippen molar-refractivity contribution in [1.82, 2.24) is 0 Å². The second-order valence-corrected chi connectivity index (χ2v) is 3.92. The summed E-state index contributed by atoms with van der Waals surface area (Å²) >= 11 is 0. The minimum Gasteiger partial charge on any atom is -0.394 e. The highest BCUT2D eigenvalue weighted by Gasteiger charge is 2.43. The number of unbranched alkanes of at least 4 members (excludes halogenated alkanes) is 1. The number of hydrogen-bond donors (Lipinski definition) is 4. The Morgan fingerprint density at radius 2 is 1.81 bits per heavy atom. The predicted molar refractivity (Wildman–Crippen MR) is 54.6 cm³/mol. The zero-order valence-electron chi connectivity index (χ0n) is 9.32. The van der Waals surface area contributed by atoms with Gasteiger partial charge < -0.3 is 29.9 Å². The van der Waals surface area contributed by atoms with Crippen LogP contribution in [-0.2, 0) is 9.47 Å². The lowest BCUT2D eigenvalue weighted by Crippen LogP contribution is -2.59. The first kappa shape index (κ1) is 13.8. The minimum atomic E-state index is -1.36. The fourth-order valence-electron chi connectivity index (χ4n) is 1.55. The van der Waals surface area contributed by atoms with Crippen LogP contribution in [0, 0.1) is 0 Å². The van der Waals surface area contributed by atoms with Crippen LogP contribution in [0.5, 0.6) is 0 Å². The Balaban J connectivity index is 2.50. The number of ether oxygens (including phenoxy) is 2. The fourth-order valence-corrected chi connectivity index (χ4v) is 1.55. The Morgan fingerprint density at radius 3 is 2.38 bits per heavy atom. The smallest absolute Gasteiger partial charge is 0.186 e. The maximum Gasteiger partial charge on any atom is 0.186 e. The zero-order valence-corrected chi connectivity index (χ0v) is 9.32. The Kier molecular flexibility index (Phi) is 5.60. The Morgan fingerprint density at radius 1 is 1.12 bits per heavy atom. The third-order valence-corrected chi connectivity index (χ3v) is 2.63. The third-order valence-electron chi connectivity index (χ3n) is 2.63. The molecular weight excluding hydrogens is 216 g/mol. The fraction of sp³-hybridized carbons (Fsp3) is 1.00. The number of hydrogen-bond acceptors (Lipinski definition) is 6. The predicted octanol–water partition coefficient (Wildman–Crippen LogP) is -1.40. The van der Waals surface area contributed by atoms with Gasteiger partial charge in [0, 0.05) is 6.61 Å². The summed E-state index contributed by atoms with van der Waals surface area (Å²) in [5, 5.41) is 37.5. The van der Waals surface area contributed by atoms with Crippen molar-refractivity contribution in [2.75, 3.05) is 13.2 Å². The first-order valence-corrected chi connectivity index (χ1v) is 5.54. The lowest BCUT2D eigenvalue weighted by Gasteiger charge is -2.39. The van der Waals surface area contributed by atoms with E-state index < -0.39 is 37.3 Å². The highest BCUT2D eigenvalue weighted by molar-refractivity contribution is 4.88. The van der Waals surface area contributed by atoms with E-state index in [1.54, 1.807) is 0 Å². The molecule has 96 valence electrons. The van der Waals surface area contributed by atoms with Gasteiger partial charge in [0.2, 0.25) is 0 Å². The average molecular weight is 236 g/mol. The van der Waals surface area contributed by atoms with Crippen molar-refractivity contribution in [1.29, 1.82) is 0 Å². The second kappa shape index (κ2) is 6.48. The Bertz CT molecular complexity index is 198. The standard InChI is InChI=1S/C10H20O6/c1-2-3-4-15-10-9(14)8(13)7(12)6(5-11)16-10/h6-14H,2-5H2,1H3/t6-,7+,8-,9-,10-/m0/s1. The Labute approximate surface area is 94.4 Å². The molecule has 1 aliphatic heterocycles. The quantitative estimate of drug-likeness (QED) is 0.438. The molecule has 0 aromatic carbocycles. The van der Waals surface area contributed by atoms with Crippen LogP contribution in [0.15, 0.2) is 0 Å². The van der Waals surface area contributed by atoms with Gasteiger partial charge in [-0.1, -0.05) is 13.3 Å². The normalized spacial score (nSPS) is 39.9. The molecule has 0 spiro atoms. The maximum absolute atomic E-state index is 9.58. The van der Waals surface area contributed by atoms with Gasteiger partial charge in [0.15, 0.2) is 6.29 Å². The lowest BCUT2D eigenvalue weighted by molar-refractivity contribution is -0.301. The monoisotopic (exact) mass is 236 g/mol. The molecule has 1 fully saturated rings. The summed E-state index contributed by atoms with van der Waals surface area (Å²) < 4.78 is 10.4. The molecule has 1 rings (SSSR count). The van der Waals surface area contributed by atoms with E-state index in [1.165, 1.54) is 0 Å². The van der Waals surface area contributed by atoms with Gasteiger partial charge in [-0.3, -0.25) is 0 Å². The molecule has 0 bridgehead atoms. The molecule has 0 radical (unpaired) electrons. The van der Waals surface area contributed by atoms with Gasteiger partial charge in [0.25, 0.3) is 0 Å². The number of rotatable bonds is 5. The van der Waals surface area contributed by atoms with E-state index in [2.05, 4.69) is 0 Å². The average Bonchev–Trinajstić information content (AvgIpc) is 2.29. The van der Waals surface area contributed by atoms with Crippen LogP contribution in [0.3, 0.4) is 0 Å². The van der Waals surface area contributed by atoms with Gasteiger partial charge in [-0.25, -0.2) is 0 Å². The molecular formula is C10H20O6. The molecule has 1 aliphatic rings. The van der Waals surface area contributed by atoms with Crippen LogP contribution in [0.1, 0.15) is 19.8 Å². The zero-order chi connectivity index (χ0) is 12.1. The van der Waals surface area contributed by atoms with Crippen molar-refractivity contribution in [2.45, 2.75) is 50.5 Å². The van der Waals surface area contributed by atoms with E-state index in [9.17, 15) is 15.3 Å². The molecule has 6 nitrogen and oxygen atoms in total. The van der Waals surface area contributed by atoms with Crippen molar-refractivity contribution in [3.63, 3.8) is 0 Å². The van der Waals surface area contributed by atoms with Crippen molar-refractivity contribution >= 4 is 0 Å². The summed E-state index contributed by atoms with van der Waals surface area (Å²) in [5.74, 6) is 0.